The van der Waals surface area contributed by atoms with Crippen molar-refractivity contribution in [1.29, 1.82) is 5.26 Å². The molecule has 4 rings (SSSR count). The number of aliphatic hydroxyl groups is 2. The molecular weight excluding hydrogens is 561 g/mol. The Morgan fingerprint density at radius 3 is 2.66 bits per heavy atom. The van der Waals surface area contributed by atoms with Gasteiger partial charge in [0.25, 0.3) is 5.56 Å². The number of nitriles is 1. The molecule has 0 aliphatic carbocycles. The molecule has 6 atom stereocenters. The van der Waals surface area contributed by atoms with Crippen LogP contribution < -0.4 is 15.2 Å². The number of para-hydroxylation sites is 1. The lowest BCUT2D eigenvalue weighted by atomic mass is 9.87. The number of H-pyrrole nitrogens is 1. The third kappa shape index (κ3) is 6.23. The number of fused-ring (bicyclic) bond motifs is 1. The first kappa shape index (κ1) is 30.1. The normalized spacial score (nSPS) is 24.5. The van der Waals surface area contributed by atoms with E-state index in [1.807, 2.05) is 6.07 Å². The number of nitrogens with zero attached hydrogens (tertiary/aromatic N) is 3. The van der Waals surface area contributed by atoms with E-state index in [0.717, 1.165) is 12.3 Å². The minimum absolute atomic E-state index is 0.0622. The molecule has 3 heterocycles. The van der Waals surface area contributed by atoms with Gasteiger partial charge in [-0.3, -0.25) is 19.1 Å². The maximum Gasteiger partial charge on any atom is 0.459 e. The molecule has 1 fully saturated rings. The van der Waals surface area contributed by atoms with Gasteiger partial charge in [-0.15, -0.1) is 5.10 Å². The van der Waals surface area contributed by atoms with Gasteiger partial charge in [0.05, 0.1) is 18.9 Å². The highest BCUT2D eigenvalue weighted by Crippen LogP contribution is 2.47. The fourth-order valence-electron chi connectivity index (χ4n) is 4.19. The molecule has 41 heavy (non-hydrogen) atoms. The van der Waals surface area contributed by atoms with Gasteiger partial charge in [-0.1, -0.05) is 18.2 Å². The Labute approximate surface area is 233 Å². The number of aliphatic hydroxyl groups excluding tert-OH is 2. The molecule has 15 nitrogen and oxygen atoms in total. The van der Waals surface area contributed by atoms with Gasteiger partial charge in [-0.25, -0.2) is 4.57 Å². The summed E-state index contributed by atoms with van der Waals surface area (Å²) in [5.41, 5.74) is -3.53. The van der Waals surface area contributed by atoms with Crippen molar-refractivity contribution < 1.29 is 43.2 Å². The van der Waals surface area contributed by atoms with Crippen molar-refractivity contribution in [3.8, 4) is 17.7 Å². The second kappa shape index (κ2) is 11.9. The molecule has 0 amide bonds. The number of aromatic amines is 1. The quantitative estimate of drug-likeness (QED) is 0.164. The van der Waals surface area contributed by atoms with E-state index in [1.165, 1.54) is 19.1 Å². The van der Waals surface area contributed by atoms with Crippen LogP contribution in [0.15, 0.2) is 47.4 Å². The molecule has 0 bridgehead atoms. The largest absolute Gasteiger partial charge is 0.494 e. The number of ether oxygens (including phenoxy) is 2. The van der Waals surface area contributed by atoms with Crippen molar-refractivity contribution in [2.45, 2.75) is 56.8 Å². The third-order valence-corrected chi connectivity index (χ3v) is 7.73. The van der Waals surface area contributed by atoms with Crippen LogP contribution in [0, 0.1) is 11.3 Å². The summed E-state index contributed by atoms with van der Waals surface area (Å²) in [4.78, 5) is 26.8. The highest BCUT2D eigenvalue weighted by molar-refractivity contribution is 7.52. The number of nitrogens with one attached hydrogen (secondary N) is 2. The van der Waals surface area contributed by atoms with Crippen LogP contribution in [-0.2, 0) is 29.0 Å². The van der Waals surface area contributed by atoms with Crippen LogP contribution in [0.2, 0.25) is 0 Å². The molecule has 5 N–H and O–H groups in total. The first-order valence-electron chi connectivity index (χ1n) is 12.4. The lowest BCUT2D eigenvalue weighted by molar-refractivity contribution is -0.149. The predicted octanol–water partition coefficient (Wildman–Crippen LogP) is 0.997. The predicted molar refractivity (Wildman–Crippen MR) is 140 cm³/mol. The van der Waals surface area contributed by atoms with Crippen LogP contribution in [0.3, 0.4) is 0 Å². The Hall–Kier alpha value is -3.90. The van der Waals surface area contributed by atoms with Crippen LogP contribution in [0.4, 0.5) is 0 Å². The van der Waals surface area contributed by atoms with Gasteiger partial charge >= 0.3 is 13.7 Å². The average Bonchev–Trinajstić information content (AvgIpc) is 3.17. The molecule has 1 aromatic carbocycles. The van der Waals surface area contributed by atoms with E-state index < -0.39 is 67.8 Å². The van der Waals surface area contributed by atoms with Gasteiger partial charge in [0.1, 0.15) is 36.2 Å². The Morgan fingerprint density at radius 1 is 1.29 bits per heavy atom. The minimum Gasteiger partial charge on any atom is -0.494 e. The maximum absolute atomic E-state index is 13.8. The van der Waals surface area contributed by atoms with Crippen LogP contribution >= 0.6 is 7.75 Å². The molecule has 0 spiro atoms. The summed E-state index contributed by atoms with van der Waals surface area (Å²) in [5, 5.41) is 51.7. The van der Waals surface area contributed by atoms with E-state index in [2.05, 4.69) is 20.3 Å². The van der Waals surface area contributed by atoms with Crippen LogP contribution in [0.1, 0.15) is 26.3 Å². The van der Waals surface area contributed by atoms with Gasteiger partial charge in [-0.05, 0) is 32.9 Å². The zero-order valence-corrected chi connectivity index (χ0v) is 23.0. The number of benzene rings is 1. The van der Waals surface area contributed by atoms with E-state index in [0.29, 0.717) is 0 Å². The summed E-state index contributed by atoms with van der Waals surface area (Å²) < 4.78 is 35.8. The van der Waals surface area contributed by atoms with Crippen molar-refractivity contribution in [2.24, 2.45) is 0 Å². The molecule has 1 aliphatic rings. The van der Waals surface area contributed by atoms with Crippen molar-refractivity contribution in [1.82, 2.24) is 20.3 Å². The summed E-state index contributed by atoms with van der Waals surface area (Å²) in [6, 6.07) is 9.69. The molecule has 16 heteroatoms. The lowest BCUT2D eigenvalue weighted by Gasteiger charge is -2.26. The third-order valence-electron chi connectivity index (χ3n) is 6.09. The topological polar surface area (TPSA) is 226 Å². The van der Waals surface area contributed by atoms with Gasteiger partial charge in [0, 0.05) is 17.0 Å². The summed E-state index contributed by atoms with van der Waals surface area (Å²) >= 11 is 0. The number of rotatable bonds is 10. The second-order valence-corrected chi connectivity index (χ2v) is 11.2. The molecule has 0 saturated carbocycles. The lowest BCUT2D eigenvalue weighted by Crippen LogP contribution is -2.40. The van der Waals surface area contributed by atoms with Gasteiger partial charge in [-0.2, -0.15) is 15.4 Å². The number of carbonyl (C=O) groups excluding carboxylic acids is 1. The number of esters is 1. The first-order valence-corrected chi connectivity index (χ1v) is 13.9. The van der Waals surface area contributed by atoms with Gasteiger partial charge in [0.2, 0.25) is 5.60 Å². The summed E-state index contributed by atoms with van der Waals surface area (Å²) in [5.74, 6) is -1.15. The summed E-state index contributed by atoms with van der Waals surface area (Å²) in [6.45, 7) is 3.99. The van der Waals surface area contributed by atoms with Crippen molar-refractivity contribution in [3.63, 3.8) is 0 Å². The van der Waals surface area contributed by atoms with Crippen LogP contribution in [0.5, 0.6) is 11.6 Å². The van der Waals surface area contributed by atoms with E-state index in [1.54, 1.807) is 32.0 Å². The molecule has 218 valence electrons. The fraction of sp³-hybridized carbons (Fsp3) is 0.400. The Kier molecular flexibility index (Phi) is 8.74. The standard InChI is InChI=1S/C25H28N5O10P/c1-13(2)38-24(35)14(3)30-41(36,40-15-7-5-4-6-8-15)37-11-18-21(32)22(33)25(12-26,39-18)17-10-27-29-20-16(17)9-19(31)28-23(20)34/h4-10,13-14,18,21-22,32-33H,11H2,1-3H3,(H,30,36)(H2,28,31,34)/t14?,18-,21-,22-,25+,41?/m1/s1. The maximum atomic E-state index is 13.8. The fourth-order valence-corrected chi connectivity index (χ4v) is 5.69. The van der Waals surface area contributed by atoms with Gasteiger partial charge < -0.3 is 29.3 Å². The van der Waals surface area contributed by atoms with Crippen LogP contribution in [0.25, 0.3) is 10.9 Å². The summed E-state index contributed by atoms with van der Waals surface area (Å²) in [7, 11) is -4.38. The first-order chi connectivity index (χ1) is 19.4. The van der Waals surface area contributed by atoms with Crippen LogP contribution in [-0.4, -0.2) is 73.5 Å². The van der Waals surface area contributed by atoms with E-state index in [-0.39, 0.29) is 22.2 Å². The minimum atomic E-state index is -4.38. The van der Waals surface area contributed by atoms with Crippen molar-refractivity contribution in [2.75, 3.05) is 6.61 Å². The van der Waals surface area contributed by atoms with E-state index in [9.17, 15) is 34.7 Å². The number of hydrogen-bond acceptors (Lipinski definition) is 13. The molecule has 1 aliphatic heterocycles. The molecular formula is C25H28N5O10P. The van der Waals surface area contributed by atoms with E-state index in [4.69, 9.17) is 18.5 Å². The Bertz CT molecular complexity index is 1560. The molecule has 1 saturated heterocycles. The van der Waals surface area contributed by atoms with Gasteiger partial charge in [0.15, 0.2) is 11.4 Å². The SMILES string of the molecule is CC(C)OC(=O)C(C)NP(=O)(OC[C@H]1O[C@@](C#N)(c2cnnc3c(=O)[nH]c(O)cc23)[C@H](O)[C@@H]1O)Oc1ccccc1. The number of aromatic nitrogens is 3. The summed E-state index contributed by atoms with van der Waals surface area (Å²) in [6.07, 6.45) is -4.52. The number of hydrogen-bond donors (Lipinski definition) is 5. The zero-order valence-electron chi connectivity index (χ0n) is 22.1. The zero-order chi connectivity index (χ0) is 29.9. The molecule has 2 aromatic heterocycles. The highest BCUT2D eigenvalue weighted by atomic mass is 31.2. The smallest absolute Gasteiger partial charge is 0.459 e. The Morgan fingerprint density at radius 2 is 2.00 bits per heavy atom. The second-order valence-electron chi connectivity index (χ2n) is 9.48. The molecule has 0 radical (unpaired) electrons. The van der Waals surface area contributed by atoms with Crippen molar-refractivity contribution in [3.05, 3.63) is 58.5 Å². The molecule has 3 aromatic rings. The number of pyridine rings is 1. The Balaban J connectivity index is 1.62. The number of aromatic hydroxyl groups is 1. The number of carbonyl (C=O) groups is 1. The monoisotopic (exact) mass is 589 g/mol. The van der Waals surface area contributed by atoms with E-state index >= 15 is 0 Å². The van der Waals surface area contributed by atoms with Crippen molar-refractivity contribution >= 4 is 24.6 Å². The average molecular weight is 589 g/mol. The molecule has 2 unspecified atom stereocenters. The highest BCUT2D eigenvalue weighted by Gasteiger charge is 2.57.